The largest absolute Gasteiger partial charge is 0.337 e. The number of fused-ring (bicyclic) bond motifs is 1. The highest BCUT2D eigenvalue weighted by atomic mass is 79.9. The van der Waals surface area contributed by atoms with Crippen molar-refractivity contribution in [3.8, 4) is 11.4 Å². The van der Waals surface area contributed by atoms with Crippen LogP contribution in [-0.2, 0) is 16.1 Å². The number of halogens is 2. The van der Waals surface area contributed by atoms with Crippen molar-refractivity contribution in [2.45, 2.75) is 18.6 Å². The highest BCUT2D eigenvalue weighted by Gasteiger charge is 2.55. The van der Waals surface area contributed by atoms with Gasteiger partial charge < -0.3 is 4.52 Å². The monoisotopic (exact) mass is 470 g/mol. The molecule has 2 aromatic carbocycles. The van der Waals surface area contributed by atoms with Gasteiger partial charge in [0.1, 0.15) is 12.4 Å². The number of amides is 2. The minimum Gasteiger partial charge on any atom is -0.337 e. The molecule has 11 heteroatoms. The highest BCUT2D eigenvalue weighted by molar-refractivity contribution is 9.10. The summed E-state index contributed by atoms with van der Waals surface area (Å²) in [6, 6.07) is 10.6. The zero-order chi connectivity index (χ0) is 20.8. The molecule has 150 valence electrons. The fourth-order valence-electron chi connectivity index (χ4n) is 3.41. The van der Waals surface area contributed by atoms with Gasteiger partial charge in [-0.3, -0.25) is 14.6 Å². The van der Waals surface area contributed by atoms with Crippen LogP contribution in [0.15, 0.2) is 67.9 Å². The van der Waals surface area contributed by atoms with Crippen LogP contribution in [0.4, 0.5) is 10.1 Å². The van der Waals surface area contributed by atoms with E-state index >= 15 is 0 Å². The quantitative estimate of drug-likeness (QED) is 0.542. The Hall–Kier alpha value is -3.47. The van der Waals surface area contributed by atoms with Crippen LogP contribution in [0.25, 0.3) is 11.4 Å². The Morgan fingerprint density at radius 1 is 1.07 bits per heavy atom. The smallest absolute Gasteiger partial charge is 0.263 e. The average Bonchev–Trinajstić information content (AvgIpc) is 3.42. The second-order valence-electron chi connectivity index (χ2n) is 6.67. The lowest BCUT2D eigenvalue weighted by Gasteiger charge is -2.19. The summed E-state index contributed by atoms with van der Waals surface area (Å²) in [5.74, 6) is -0.862. The summed E-state index contributed by atoms with van der Waals surface area (Å²) in [6.07, 6.45) is 0. The van der Waals surface area contributed by atoms with Crippen LogP contribution < -0.4 is 4.90 Å². The van der Waals surface area contributed by atoms with Gasteiger partial charge in [-0.05, 0) is 36.4 Å². The summed E-state index contributed by atoms with van der Waals surface area (Å²) in [7, 11) is 0. The predicted molar refractivity (Wildman–Crippen MR) is 104 cm³/mol. The Morgan fingerprint density at radius 3 is 2.60 bits per heavy atom. The van der Waals surface area contributed by atoms with Gasteiger partial charge in [-0.25, -0.2) is 9.29 Å². The van der Waals surface area contributed by atoms with Crippen molar-refractivity contribution < 1.29 is 18.5 Å². The second kappa shape index (κ2) is 7.10. The molecular weight excluding hydrogens is 459 g/mol. The molecule has 0 saturated carbocycles. The Kier molecular flexibility index (Phi) is 4.39. The topological polar surface area (TPSA) is 104 Å². The van der Waals surface area contributed by atoms with E-state index in [9.17, 15) is 14.0 Å². The predicted octanol–water partition coefficient (Wildman–Crippen LogP) is 3.13. The first-order valence-corrected chi connectivity index (χ1v) is 9.70. The molecule has 0 radical (unpaired) electrons. The molecule has 5 rings (SSSR count). The van der Waals surface area contributed by atoms with E-state index in [1.54, 1.807) is 0 Å². The van der Waals surface area contributed by atoms with E-state index in [1.807, 2.05) is 24.3 Å². The first-order chi connectivity index (χ1) is 14.5. The fraction of sp³-hybridized carbons (Fsp3) is 0.158. The van der Waals surface area contributed by atoms with E-state index in [0.29, 0.717) is 5.82 Å². The molecule has 30 heavy (non-hydrogen) atoms. The molecule has 3 aromatic rings. The van der Waals surface area contributed by atoms with Gasteiger partial charge in [-0.2, -0.15) is 10.1 Å². The number of aromatic nitrogens is 2. The molecule has 0 bridgehead atoms. The first kappa shape index (κ1) is 18.6. The van der Waals surface area contributed by atoms with Gasteiger partial charge in [-0.1, -0.05) is 38.4 Å². The van der Waals surface area contributed by atoms with Crippen molar-refractivity contribution in [2.24, 2.45) is 10.3 Å². The highest BCUT2D eigenvalue weighted by Crippen LogP contribution is 2.33. The van der Waals surface area contributed by atoms with Crippen molar-refractivity contribution in [1.82, 2.24) is 15.1 Å². The minimum absolute atomic E-state index is 0.0123. The van der Waals surface area contributed by atoms with Crippen LogP contribution in [0.2, 0.25) is 0 Å². The molecule has 2 atom stereocenters. The Morgan fingerprint density at radius 2 is 1.83 bits per heavy atom. The van der Waals surface area contributed by atoms with Crippen LogP contribution in [0.1, 0.15) is 5.89 Å². The van der Waals surface area contributed by atoms with Gasteiger partial charge in [0.25, 0.3) is 11.8 Å². The number of carbonyl (C=O) groups is 2. The standard InChI is InChI=1S/C19H12BrFN6O3/c20-13-4-2-1-3-12(13)17-22-14(30-24-17)9-26-16-15(23-25-26)18(28)27(19(16)29)11-7-5-10(21)6-8-11/h1-8,15-16H,9H2/t15-,16+/m0/s1. The number of hydrogen-bond acceptors (Lipinski definition) is 8. The van der Waals surface area contributed by atoms with Crippen molar-refractivity contribution in [1.29, 1.82) is 0 Å². The van der Waals surface area contributed by atoms with E-state index in [4.69, 9.17) is 4.52 Å². The van der Waals surface area contributed by atoms with Gasteiger partial charge in [-0.15, -0.1) is 0 Å². The number of hydrogen-bond donors (Lipinski definition) is 0. The summed E-state index contributed by atoms with van der Waals surface area (Å²) in [6.45, 7) is 0.0123. The van der Waals surface area contributed by atoms with Crippen molar-refractivity contribution in [3.05, 3.63) is 64.7 Å². The Balaban J connectivity index is 1.37. The van der Waals surface area contributed by atoms with Gasteiger partial charge in [0, 0.05) is 10.0 Å². The maximum absolute atomic E-state index is 13.2. The van der Waals surface area contributed by atoms with E-state index in [-0.39, 0.29) is 18.1 Å². The first-order valence-electron chi connectivity index (χ1n) is 8.91. The summed E-state index contributed by atoms with van der Waals surface area (Å²) < 4.78 is 19.3. The third-order valence-electron chi connectivity index (χ3n) is 4.82. The third kappa shape index (κ3) is 2.98. The molecule has 0 unspecified atom stereocenters. The van der Waals surface area contributed by atoms with Crippen molar-refractivity contribution in [2.75, 3.05) is 4.90 Å². The van der Waals surface area contributed by atoms with Gasteiger partial charge in [0.2, 0.25) is 11.7 Å². The summed E-state index contributed by atoms with van der Waals surface area (Å²) in [5, 5.41) is 13.2. The molecule has 3 heterocycles. The van der Waals surface area contributed by atoms with Gasteiger partial charge in [0.05, 0.1) is 5.69 Å². The molecule has 1 aromatic heterocycles. The molecule has 9 nitrogen and oxygen atoms in total. The third-order valence-corrected chi connectivity index (χ3v) is 5.51. The molecule has 2 amide bonds. The normalized spacial score (nSPS) is 20.3. The Bertz CT molecular complexity index is 1180. The lowest BCUT2D eigenvalue weighted by molar-refractivity contribution is -0.123. The molecular formula is C19H12BrFN6O3. The van der Waals surface area contributed by atoms with Crippen LogP contribution in [0, 0.1) is 5.82 Å². The SMILES string of the molecule is O=C1[C@H]2N=NN(Cc3nc(-c4ccccc4Br)no3)[C@H]2C(=O)N1c1ccc(F)cc1. The molecule has 0 aliphatic carbocycles. The molecule has 1 fully saturated rings. The van der Waals surface area contributed by atoms with Crippen LogP contribution in [0.3, 0.4) is 0 Å². The average molecular weight is 471 g/mol. The van der Waals surface area contributed by atoms with E-state index in [0.717, 1.165) is 14.9 Å². The summed E-state index contributed by atoms with van der Waals surface area (Å²) in [5.41, 5.74) is 1.04. The Labute approximate surface area is 177 Å². The molecule has 0 spiro atoms. The van der Waals surface area contributed by atoms with E-state index < -0.39 is 29.7 Å². The number of nitrogens with zero attached hydrogens (tertiary/aromatic N) is 6. The number of carbonyl (C=O) groups excluding carboxylic acids is 2. The summed E-state index contributed by atoms with van der Waals surface area (Å²) >= 11 is 3.44. The second-order valence-corrected chi connectivity index (χ2v) is 7.53. The van der Waals surface area contributed by atoms with Gasteiger partial charge >= 0.3 is 0 Å². The zero-order valence-electron chi connectivity index (χ0n) is 15.1. The molecule has 2 aliphatic heterocycles. The molecule has 1 saturated heterocycles. The number of benzene rings is 2. The van der Waals surface area contributed by atoms with E-state index in [1.165, 1.54) is 29.3 Å². The maximum atomic E-state index is 13.2. The fourth-order valence-corrected chi connectivity index (χ4v) is 3.87. The maximum Gasteiger partial charge on any atom is 0.263 e. The zero-order valence-corrected chi connectivity index (χ0v) is 16.7. The lowest BCUT2D eigenvalue weighted by atomic mass is 10.1. The number of anilines is 1. The van der Waals surface area contributed by atoms with Crippen LogP contribution >= 0.6 is 15.9 Å². The van der Waals surface area contributed by atoms with Crippen LogP contribution in [-0.4, -0.2) is 39.0 Å². The number of imide groups is 1. The minimum atomic E-state index is -0.965. The number of rotatable bonds is 4. The molecule has 2 aliphatic rings. The van der Waals surface area contributed by atoms with Crippen molar-refractivity contribution in [3.63, 3.8) is 0 Å². The molecule has 0 N–H and O–H groups in total. The van der Waals surface area contributed by atoms with Crippen molar-refractivity contribution >= 4 is 33.4 Å². The van der Waals surface area contributed by atoms with E-state index in [2.05, 4.69) is 36.4 Å². The lowest BCUT2D eigenvalue weighted by Crippen LogP contribution is -2.39. The summed E-state index contributed by atoms with van der Waals surface area (Å²) in [4.78, 5) is 31.0. The van der Waals surface area contributed by atoms with Crippen LogP contribution in [0.5, 0.6) is 0 Å². The van der Waals surface area contributed by atoms with Gasteiger partial charge in [0.15, 0.2) is 12.1 Å².